The fraction of sp³-hybridized carbons (Fsp3) is 0.472. The number of carboxylic acid groups (broad SMARTS) is 2. The Morgan fingerprint density at radius 1 is 1.03 bits per heavy atom. The molecule has 23 heteroatoms. The third-order valence-corrected chi connectivity index (χ3v) is 10.4. The summed E-state index contributed by atoms with van der Waals surface area (Å²) in [4.78, 5) is 48.7. The van der Waals surface area contributed by atoms with Crippen LogP contribution in [-0.2, 0) is 19.1 Å². The number of piperidine rings is 1. The first kappa shape index (κ1) is 43.2. The number of alkyl halides is 7. The predicted molar refractivity (Wildman–Crippen MR) is 193 cm³/mol. The van der Waals surface area contributed by atoms with Crippen molar-refractivity contribution >= 4 is 63.2 Å². The molecule has 14 nitrogen and oxygen atoms in total. The van der Waals surface area contributed by atoms with Gasteiger partial charge in [-0.2, -0.15) is 41.4 Å². The summed E-state index contributed by atoms with van der Waals surface area (Å²) in [5.74, 6) is -5.99. The predicted octanol–water partition coefficient (Wildman–Crippen LogP) is 6.90. The van der Waals surface area contributed by atoms with Crippen molar-refractivity contribution in [2.45, 2.75) is 75.1 Å². The number of nitrogens with one attached hydrogen (secondary N) is 1. The number of nitrogens with zero attached hydrogens (tertiary/aromatic N) is 6. The van der Waals surface area contributed by atoms with Crippen molar-refractivity contribution in [3.05, 3.63) is 40.9 Å². The number of ether oxygens (including phenoxy) is 2. The summed E-state index contributed by atoms with van der Waals surface area (Å²) in [6, 6.07) is 1.74. The molecule has 3 saturated heterocycles. The topological polar surface area (TPSA) is 184 Å². The van der Waals surface area contributed by atoms with Crippen molar-refractivity contribution in [1.82, 2.24) is 30.0 Å². The van der Waals surface area contributed by atoms with Crippen LogP contribution in [0.5, 0.6) is 6.01 Å². The van der Waals surface area contributed by atoms with Gasteiger partial charge in [0.05, 0.1) is 34.2 Å². The van der Waals surface area contributed by atoms with Crippen LogP contribution in [0, 0.1) is 5.82 Å². The van der Waals surface area contributed by atoms with E-state index in [1.807, 2.05) is 11.0 Å². The quantitative estimate of drug-likeness (QED) is 0.143. The van der Waals surface area contributed by atoms with Gasteiger partial charge in [-0.15, -0.1) is 0 Å². The molecule has 3 fully saturated rings. The van der Waals surface area contributed by atoms with Gasteiger partial charge < -0.3 is 24.6 Å². The highest BCUT2D eigenvalue weighted by molar-refractivity contribution is 6.34. The standard InChI is InChI=1S/C32H32ClF2N7O3.2C2HF3O2/c33-23-11-24-21(14-37-40-24)26-20(23)6-1-2-7-25(43)45-19-5-3-9-41(16-19)30-22-13-36-29(26)27(35)28(22)38-31(39-30)44-17-32-8-4-10-42(32)15-18(34)12-32;2*3-2(4,5)1(6)7/h1,6,11,13-14,18-19H,2-5,7-10,12,15-17H2,(H,37,40);2*(H,6,7)/b6-1-;;/t18-,19+,32+;;/m1../s1. The van der Waals surface area contributed by atoms with E-state index in [2.05, 4.69) is 25.1 Å². The highest BCUT2D eigenvalue weighted by Gasteiger charge is 2.49. The maximum atomic E-state index is 16.9. The zero-order valence-electron chi connectivity index (χ0n) is 30.5. The minimum absolute atomic E-state index is 0.0111. The number of hydrogen-bond acceptors (Lipinski definition) is 11. The number of anilines is 1. The minimum Gasteiger partial charge on any atom is -0.475 e. The van der Waals surface area contributed by atoms with Crippen molar-refractivity contribution in [2.75, 3.05) is 37.7 Å². The first-order valence-electron chi connectivity index (χ1n) is 18.0. The number of hydrogen-bond donors (Lipinski definition) is 3. The number of aromatic nitrogens is 5. The van der Waals surface area contributed by atoms with Crippen molar-refractivity contribution in [3.8, 4) is 17.3 Å². The van der Waals surface area contributed by atoms with Crippen LogP contribution >= 0.6 is 11.6 Å². The third-order valence-electron chi connectivity index (χ3n) is 10.1. The Morgan fingerprint density at radius 3 is 2.44 bits per heavy atom. The first-order chi connectivity index (χ1) is 27.8. The Hall–Kier alpha value is -5.38. The highest BCUT2D eigenvalue weighted by atomic mass is 35.5. The molecule has 0 saturated carbocycles. The van der Waals surface area contributed by atoms with E-state index in [4.69, 9.17) is 45.9 Å². The molecule has 8 heterocycles. The molecule has 0 aliphatic carbocycles. The van der Waals surface area contributed by atoms with Gasteiger partial charge in [0.25, 0.3) is 0 Å². The number of carbonyl (C=O) groups is 3. The van der Waals surface area contributed by atoms with E-state index in [9.17, 15) is 35.5 Å². The van der Waals surface area contributed by atoms with Gasteiger partial charge in [0.15, 0.2) is 5.82 Å². The Labute approximate surface area is 333 Å². The number of aromatic amines is 1. The monoisotopic (exact) mass is 863 g/mol. The van der Waals surface area contributed by atoms with Crippen molar-refractivity contribution < 1.29 is 69.2 Å². The number of aliphatic carboxylic acids is 2. The van der Waals surface area contributed by atoms with Gasteiger partial charge in [-0.05, 0) is 44.7 Å². The lowest BCUT2D eigenvalue weighted by atomic mass is 9.95. The maximum Gasteiger partial charge on any atom is 0.490 e. The molecule has 9 rings (SSSR count). The molecular formula is C36H34ClF8N7O7. The molecule has 0 amide bonds. The molecule has 3 atom stereocenters. The number of allylic oxidation sites excluding steroid dienone is 1. The number of fused-ring (bicyclic) bond motifs is 7. The van der Waals surface area contributed by atoms with Gasteiger partial charge >= 0.3 is 36.3 Å². The van der Waals surface area contributed by atoms with E-state index in [0.717, 1.165) is 25.8 Å². The summed E-state index contributed by atoms with van der Waals surface area (Å²) in [5, 5.41) is 22.8. The molecule has 59 heavy (non-hydrogen) atoms. The second-order valence-corrected chi connectivity index (χ2v) is 14.5. The van der Waals surface area contributed by atoms with E-state index in [0.29, 0.717) is 77.2 Å². The average molecular weight is 864 g/mol. The van der Waals surface area contributed by atoms with Gasteiger partial charge in [-0.3, -0.25) is 19.8 Å². The van der Waals surface area contributed by atoms with Crippen LogP contribution in [-0.4, -0.2) is 121 Å². The smallest absolute Gasteiger partial charge is 0.475 e. The number of pyridine rings is 1. The van der Waals surface area contributed by atoms with E-state index in [-0.39, 0.29) is 42.3 Å². The molecule has 4 aromatic rings. The number of esters is 1. The average Bonchev–Trinajstić information content (AvgIpc) is 3.86. The molecule has 1 aromatic carbocycles. The first-order valence-corrected chi connectivity index (χ1v) is 18.4. The molecule has 3 N–H and O–H groups in total. The molecule has 0 radical (unpaired) electrons. The minimum atomic E-state index is -5.08. The zero-order valence-corrected chi connectivity index (χ0v) is 31.3. The SMILES string of the molecule is O=C(O)C(F)(F)F.O=C(O)C(F)(F)F.O=C1CC/C=C\c2c(Cl)cc3[nH]ncc3c2-c2ncc3c(nc(OC[C@@]45CCCN4C[C@H](F)C5)nc3c2F)N2CCC[C@@H](C2)O1. The van der Waals surface area contributed by atoms with E-state index in [1.54, 1.807) is 24.5 Å². The highest BCUT2D eigenvalue weighted by Crippen LogP contribution is 2.42. The molecule has 5 aliphatic heterocycles. The summed E-state index contributed by atoms with van der Waals surface area (Å²) >= 11 is 6.73. The molecule has 318 valence electrons. The lowest BCUT2D eigenvalue weighted by Crippen LogP contribution is -2.43. The second-order valence-electron chi connectivity index (χ2n) is 14.1. The van der Waals surface area contributed by atoms with E-state index < -0.39 is 41.8 Å². The summed E-state index contributed by atoms with van der Waals surface area (Å²) in [5.41, 5.74) is 1.32. The fourth-order valence-corrected chi connectivity index (χ4v) is 7.78. The van der Waals surface area contributed by atoms with Gasteiger partial charge in [0, 0.05) is 48.6 Å². The third kappa shape index (κ3) is 9.58. The van der Waals surface area contributed by atoms with E-state index in [1.165, 1.54) is 0 Å². The fourth-order valence-electron chi connectivity index (χ4n) is 7.52. The lowest BCUT2D eigenvalue weighted by molar-refractivity contribution is -0.193. The van der Waals surface area contributed by atoms with Gasteiger partial charge in [0.2, 0.25) is 0 Å². The van der Waals surface area contributed by atoms with Crippen LogP contribution in [0.3, 0.4) is 0 Å². The summed E-state index contributed by atoms with van der Waals surface area (Å²) in [7, 11) is 0. The van der Waals surface area contributed by atoms with Crippen LogP contribution in [0.15, 0.2) is 24.5 Å². The molecule has 6 bridgehead atoms. The van der Waals surface area contributed by atoms with Crippen LogP contribution in [0.2, 0.25) is 5.02 Å². The van der Waals surface area contributed by atoms with Crippen LogP contribution in [0.1, 0.15) is 50.5 Å². The number of carbonyl (C=O) groups excluding carboxylic acids is 1. The Kier molecular flexibility index (Phi) is 12.5. The number of halogens is 9. The Bertz CT molecular complexity index is 2250. The Morgan fingerprint density at radius 2 is 1.75 bits per heavy atom. The summed E-state index contributed by atoms with van der Waals surface area (Å²) in [6.07, 6.45) is -0.339. The van der Waals surface area contributed by atoms with Gasteiger partial charge in [-0.25, -0.2) is 18.4 Å². The molecule has 0 spiro atoms. The summed E-state index contributed by atoms with van der Waals surface area (Å²) in [6.45, 7) is 2.44. The molecule has 5 aliphatic rings. The summed E-state index contributed by atoms with van der Waals surface area (Å²) < 4.78 is 107. The number of rotatable bonds is 3. The maximum absolute atomic E-state index is 16.9. The second kappa shape index (κ2) is 17.1. The van der Waals surface area contributed by atoms with Crippen molar-refractivity contribution in [1.29, 1.82) is 0 Å². The molecular weight excluding hydrogens is 830 g/mol. The van der Waals surface area contributed by atoms with Gasteiger partial charge in [0.1, 0.15) is 35.9 Å². The molecule has 3 aromatic heterocycles. The van der Waals surface area contributed by atoms with Crippen LogP contribution in [0.4, 0.5) is 40.9 Å². The zero-order chi connectivity index (χ0) is 42.9. The van der Waals surface area contributed by atoms with E-state index >= 15 is 4.39 Å². The lowest BCUT2D eigenvalue weighted by Gasteiger charge is -2.34. The largest absolute Gasteiger partial charge is 0.490 e. The van der Waals surface area contributed by atoms with Crippen molar-refractivity contribution in [2.24, 2.45) is 0 Å². The number of benzene rings is 1. The normalized spacial score (nSPS) is 22.5. The number of carboxylic acids is 2. The van der Waals surface area contributed by atoms with Gasteiger partial charge in [-0.1, -0.05) is 23.8 Å². The van der Waals surface area contributed by atoms with Crippen LogP contribution < -0.4 is 9.64 Å². The number of H-pyrrole nitrogens is 1. The molecule has 0 unspecified atom stereocenters. The van der Waals surface area contributed by atoms with Crippen molar-refractivity contribution in [3.63, 3.8) is 0 Å². The Balaban J connectivity index is 0.000000361. The van der Waals surface area contributed by atoms with Crippen LogP contribution in [0.25, 0.3) is 39.1 Å².